The average molecular weight is 2680 g/mol. The summed E-state index contributed by atoms with van der Waals surface area (Å²) in [6, 6.07) is 92.6. The summed E-state index contributed by atoms with van der Waals surface area (Å²) in [5.41, 5.74) is -9.49. The fourth-order valence-electron chi connectivity index (χ4n) is 18.0. The zero-order valence-electron chi connectivity index (χ0n) is 75.8. The standard InChI is InChI=1S/C29H16F9N2.2C28H17F6N2.C26H19N2.4Ir/c1-14-15(2)22(27(30,31)32)24(29(36,37)38)23(28(33,34)35)21(14)26-20-13-18-11-7-6-10-17(18)12-19(20)25(39-40-26)16-8-4-3-5-9-16;1-15-16(2)24(28(32,33)34)23(27(29,30)31)14-20(15)26-22-13-19-11-7-6-10-18(19)12-21(22)25(35-36-26)17-8-4-3-5-9-17;1-15-16(2)24(23(28(32,33)34)14-22(15)27(29,30)31)26-21-13-19-11-7-6-10-18(19)12-20(21)25(35-36-26)17-8-4-3-5-9-17;1-17-9-8-10-18(2)24(17)26-23-16-21-14-7-6-13-20(21)15-22(23)25(27-28-26)19-11-4-3-5-12-19;;;;/h3-8,10-13H,1-2H3;2*3-8,10-14H,1-2H3;3-11,13-16H,1-2H3;;;;/q4*-1;;;;. The van der Waals surface area contributed by atoms with E-state index in [0.29, 0.717) is 66.5 Å². The summed E-state index contributed by atoms with van der Waals surface area (Å²) in [6.45, 7) is 10.7. The molecule has 4 heterocycles. The predicted molar refractivity (Wildman–Crippen MR) is 500 cm³/mol. The Balaban J connectivity index is 0.000000160. The molecule has 4 aromatic heterocycles. The zero-order chi connectivity index (χ0) is 99.9. The molecule has 0 aliphatic heterocycles. The van der Waals surface area contributed by atoms with Crippen LogP contribution in [-0.2, 0) is 124 Å². The molecule has 0 spiro atoms. The Hall–Kier alpha value is -13.0. The summed E-state index contributed by atoms with van der Waals surface area (Å²) < 4.78 is 294. The van der Waals surface area contributed by atoms with Crippen molar-refractivity contribution in [2.45, 2.75) is 98.6 Å². The smallest absolute Gasteiger partial charge is 0.200 e. The van der Waals surface area contributed by atoms with Gasteiger partial charge in [0.15, 0.2) is 0 Å². The molecule has 0 aliphatic rings. The van der Waals surface area contributed by atoms with Crippen molar-refractivity contribution < 1.29 is 173 Å². The number of aryl methyl sites for hydroxylation is 2. The van der Waals surface area contributed by atoms with Crippen molar-refractivity contribution in [3.05, 3.63) is 381 Å². The molecular formula is C111H69F21Ir4N8-4. The normalized spacial score (nSPS) is 12.0. The second kappa shape index (κ2) is 42.0. The van der Waals surface area contributed by atoms with E-state index in [1.54, 1.807) is 127 Å². The van der Waals surface area contributed by atoms with Crippen molar-refractivity contribution >= 4 is 86.2 Å². The Bertz CT molecular complexity index is 8270. The first-order valence-electron chi connectivity index (χ1n) is 42.9. The number of halogens is 21. The molecule has 0 fully saturated rings. The molecular weight excluding hydrogens is 2610 g/mol. The van der Waals surface area contributed by atoms with Crippen LogP contribution in [0.15, 0.2) is 273 Å². The van der Waals surface area contributed by atoms with Crippen LogP contribution < -0.4 is 0 Å². The fourth-order valence-corrected chi connectivity index (χ4v) is 18.0. The van der Waals surface area contributed by atoms with Crippen molar-refractivity contribution in [3.63, 3.8) is 0 Å². The molecule has 0 amide bonds. The minimum Gasteiger partial charge on any atom is -0.200 e. The van der Waals surface area contributed by atoms with E-state index >= 15 is 0 Å². The third-order valence-electron chi connectivity index (χ3n) is 24.8. The molecule has 0 atom stereocenters. The number of aromatic nitrogens is 8. The number of benzene rings is 16. The van der Waals surface area contributed by atoms with E-state index in [0.717, 1.165) is 70.0 Å². The Morgan fingerprint density at radius 3 is 0.722 bits per heavy atom. The maximum Gasteiger partial charge on any atom is 0.417 e. The van der Waals surface area contributed by atoms with E-state index in [2.05, 4.69) is 128 Å². The minimum atomic E-state index is -5.99. The second-order valence-electron chi connectivity index (χ2n) is 33.4. The Labute approximate surface area is 862 Å². The summed E-state index contributed by atoms with van der Waals surface area (Å²) in [5.74, 6) is 0. The van der Waals surface area contributed by atoms with E-state index in [-0.39, 0.29) is 137 Å². The van der Waals surface area contributed by atoms with Crippen LogP contribution in [0.5, 0.6) is 0 Å². The van der Waals surface area contributed by atoms with Crippen LogP contribution in [-0.4, -0.2) is 40.8 Å². The third kappa shape index (κ3) is 21.3. The van der Waals surface area contributed by atoms with Crippen LogP contribution >= 0.6 is 0 Å². The molecule has 4 radical (unpaired) electrons. The van der Waals surface area contributed by atoms with Crippen molar-refractivity contribution in [1.82, 2.24) is 40.8 Å². The molecule has 20 rings (SSSR count). The van der Waals surface area contributed by atoms with Gasteiger partial charge in [-0.25, -0.2) is 0 Å². The zero-order valence-corrected chi connectivity index (χ0v) is 85.4. The van der Waals surface area contributed by atoms with Crippen LogP contribution in [0.25, 0.3) is 176 Å². The monoisotopic (exact) mass is 2680 g/mol. The molecule has 33 heteroatoms. The summed E-state index contributed by atoms with van der Waals surface area (Å²) in [5, 5.41) is 45.6. The van der Waals surface area contributed by atoms with Crippen LogP contribution in [0.4, 0.5) is 92.2 Å². The summed E-state index contributed by atoms with van der Waals surface area (Å²) >= 11 is 0. The average Bonchev–Trinajstić information content (AvgIpc) is 0.709. The van der Waals surface area contributed by atoms with Gasteiger partial charge in [-0.3, -0.25) is 0 Å². The van der Waals surface area contributed by atoms with Gasteiger partial charge in [-0.05, 0) is 201 Å². The third-order valence-corrected chi connectivity index (χ3v) is 24.8. The molecule has 740 valence electrons. The maximum absolute atomic E-state index is 14.5. The van der Waals surface area contributed by atoms with Gasteiger partial charge in [0.2, 0.25) is 0 Å². The molecule has 20 aromatic rings. The van der Waals surface area contributed by atoms with Gasteiger partial charge >= 0.3 is 43.2 Å². The van der Waals surface area contributed by atoms with E-state index in [1.807, 2.05) is 72.8 Å². The minimum absolute atomic E-state index is 0. The predicted octanol–water partition coefficient (Wildman–Crippen LogP) is 33.3. The number of fused-ring (bicyclic) bond motifs is 8. The molecule has 0 N–H and O–H groups in total. The SMILES string of the molecule is Cc1c(-c2nnc(-c3[c-]cccc3)c3cc4ccccc4cc23)cc(C(F)(F)F)c(C(F)(F)F)c1C.Cc1c(C(F)(F)F)cc(C(F)(F)F)c(-c2nnc(-c3[c-]cccc3)c3cc4ccccc4cc23)c1C.Cc1c(C)c(C(F)(F)F)c(C(F)(F)F)c(C(F)(F)F)c1-c1nnc(-c2[c-]cccc2)c2cc3ccccc3cc12.Cc1cccc(C)c1-c1nnc(-c2[c-]cccc2)c2cc3ccccc3cc12.[Ir].[Ir].[Ir].[Ir]. The number of hydrogen-bond acceptors (Lipinski definition) is 8. The first-order chi connectivity index (χ1) is 66.3. The first-order valence-corrected chi connectivity index (χ1v) is 42.9. The van der Waals surface area contributed by atoms with Crippen LogP contribution in [0.3, 0.4) is 0 Å². The van der Waals surface area contributed by atoms with Gasteiger partial charge < -0.3 is 0 Å². The number of rotatable bonds is 8. The van der Waals surface area contributed by atoms with E-state index in [1.165, 1.54) is 54.3 Å². The number of alkyl halides is 21. The molecule has 16 aromatic carbocycles. The Morgan fingerprint density at radius 2 is 0.438 bits per heavy atom. The Kier molecular flexibility index (Phi) is 31.6. The van der Waals surface area contributed by atoms with Crippen molar-refractivity contribution in [1.29, 1.82) is 0 Å². The molecule has 144 heavy (non-hydrogen) atoms. The molecule has 0 saturated carbocycles. The van der Waals surface area contributed by atoms with Gasteiger partial charge in [-0.2, -0.15) is 133 Å². The van der Waals surface area contributed by atoms with Gasteiger partial charge in [0.05, 0.1) is 61.7 Å². The van der Waals surface area contributed by atoms with Crippen molar-refractivity contribution in [2.24, 2.45) is 0 Å². The molecule has 0 saturated heterocycles. The summed E-state index contributed by atoms with van der Waals surface area (Å²) in [6.07, 6.45) is -37.9. The quantitative estimate of drug-likeness (QED) is 0.0842. The van der Waals surface area contributed by atoms with Crippen molar-refractivity contribution in [3.8, 4) is 90.1 Å². The first kappa shape index (κ1) is 108. The van der Waals surface area contributed by atoms with Gasteiger partial charge in [0.1, 0.15) is 0 Å². The van der Waals surface area contributed by atoms with Crippen LogP contribution in [0.2, 0.25) is 0 Å². The molecule has 8 nitrogen and oxygen atoms in total. The van der Waals surface area contributed by atoms with Crippen LogP contribution in [0, 0.1) is 79.7 Å². The molecule has 0 unspecified atom stereocenters. The van der Waals surface area contributed by atoms with Gasteiger partial charge in [0, 0.05) is 147 Å². The number of hydrogen-bond donors (Lipinski definition) is 0. The maximum atomic E-state index is 14.5. The van der Waals surface area contributed by atoms with Crippen molar-refractivity contribution in [2.75, 3.05) is 0 Å². The largest absolute Gasteiger partial charge is 0.417 e. The Morgan fingerprint density at radius 1 is 0.188 bits per heavy atom. The van der Waals surface area contributed by atoms with Gasteiger partial charge in [-0.1, -0.05) is 140 Å². The summed E-state index contributed by atoms with van der Waals surface area (Å²) in [4.78, 5) is 0. The van der Waals surface area contributed by atoms with Crippen LogP contribution in [0.1, 0.15) is 83.5 Å². The van der Waals surface area contributed by atoms with Gasteiger partial charge in [-0.15, -0.1) is 144 Å². The van der Waals surface area contributed by atoms with E-state index in [9.17, 15) is 92.2 Å². The van der Waals surface area contributed by atoms with Gasteiger partial charge in [0.25, 0.3) is 0 Å². The molecule has 0 aliphatic carbocycles. The van der Waals surface area contributed by atoms with E-state index in [4.69, 9.17) is 5.10 Å². The topological polar surface area (TPSA) is 103 Å². The summed E-state index contributed by atoms with van der Waals surface area (Å²) in [7, 11) is 0. The number of nitrogens with zero attached hydrogens (tertiary/aromatic N) is 8. The fraction of sp³-hybridized carbons (Fsp3) is 0.135. The second-order valence-corrected chi connectivity index (χ2v) is 33.4. The van der Waals surface area contributed by atoms with E-state index < -0.39 is 116 Å². The molecule has 0 bridgehead atoms.